The van der Waals surface area contributed by atoms with Crippen molar-refractivity contribution in [1.29, 1.82) is 0 Å². The van der Waals surface area contributed by atoms with Gasteiger partial charge in [0, 0.05) is 18.3 Å². The van der Waals surface area contributed by atoms with Crippen LogP contribution in [0.1, 0.15) is 39.5 Å². The lowest BCUT2D eigenvalue weighted by Crippen LogP contribution is -2.46. The fourth-order valence-corrected chi connectivity index (χ4v) is 4.44. The molecule has 2 rings (SSSR count). The first kappa shape index (κ1) is 14.4. The van der Waals surface area contributed by atoms with Crippen molar-refractivity contribution < 1.29 is 9.53 Å². The molecule has 0 bridgehead atoms. The van der Waals surface area contributed by atoms with E-state index in [1.165, 1.54) is 5.75 Å². The van der Waals surface area contributed by atoms with E-state index in [1.54, 1.807) is 0 Å². The summed E-state index contributed by atoms with van der Waals surface area (Å²) in [5.41, 5.74) is 6.03. The number of ketones is 1. The van der Waals surface area contributed by atoms with Gasteiger partial charge in [0.1, 0.15) is 0 Å². The van der Waals surface area contributed by atoms with Gasteiger partial charge in [-0.3, -0.25) is 4.79 Å². The maximum Gasteiger partial charge on any atom is 0.152 e. The SMILES string of the molecule is CC(C)CC(N)C(=O)C1CCOC2(CCSC2)C1. The van der Waals surface area contributed by atoms with Gasteiger partial charge in [0.15, 0.2) is 5.78 Å². The average molecular weight is 271 g/mol. The third-order valence-corrected chi connectivity index (χ3v) is 5.28. The fraction of sp³-hybridized carbons (Fsp3) is 0.929. The van der Waals surface area contributed by atoms with E-state index in [9.17, 15) is 4.79 Å². The molecule has 3 atom stereocenters. The molecular weight excluding hydrogens is 246 g/mol. The Morgan fingerprint density at radius 1 is 1.56 bits per heavy atom. The van der Waals surface area contributed by atoms with Crippen LogP contribution < -0.4 is 5.73 Å². The Hall–Kier alpha value is -0.0600. The van der Waals surface area contributed by atoms with Crippen molar-refractivity contribution >= 4 is 17.5 Å². The molecule has 0 aromatic rings. The zero-order valence-corrected chi connectivity index (χ0v) is 12.3. The molecule has 0 aromatic carbocycles. The quantitative estimate of drug-likeness (QED) is 0.852. The Balaban J connectivity index is 1.93. The second kappa shape index (κ2) is 5.93. The first-order chi connectivity index (χ1) is 8.52. The minimum absolute atomic E-state index is 0.0131. The van der Waals surface area contributed by atoms with Crippen LogP contribution in [0, 0.1) is 11.8 Å². The van der Waals surface area contributed by atoms with Crippen LogP contribution in [-0.2, 0) is 9.53 Å². The number of rotatable bonds is 4. The van der Waals surface area contributed by atoms with Gasteiger partial charge in [-0.15, -0.1) is 0 Å². The molecule has 2 fully saturated rings. The summed E-state index contributed by atoms with van der Waals surface area (Å²) in [6.07, 6.45) is 3.65. The smallest absolute Gasteiger partial charge is 0.152 e. The third kappa shape index (κ3) is 3.28. The zero-order chi connectivity index (χ0) is 13.2. The predicted octanol–water partition coefficient (Wildman–Crippen LogP) is 2.23. The van der Waals surface area contributed by atoms with Gasteiger partial charge in [0.05, 0.1) is 11.6 Å². The minimum atomic E-state index is -0.279. The molecule has 2 saturated heterocycles. The molecule has 2 N–H and O–H groups in total. The number of nitrogens with two attached hydrogens (primary N) is 1. The monoisotopic (exact) mass is 271 g/mol. The Labute approximate surface area is 114 Å². The standard InChI is InChI=1S/C14H25NO2S/c1-10(2)7-12(15)13(16)11-3-5-17-14(8-11)4-6-18-9-14/h10-12H,3-9,15H2,1-2H3. The van der Waals surface area contributed by atoms with Crippen molar-refractivity contribution in [2.45, 2.75) is 51.2 Å². The largest absolute Gasteiger partial charge is 0.374 e. The average Bonchev–Trinajstić information content (AvgIpc) is 2.75. The van der Waals surface area contributed by atoms with Crippen LogP contribution in [0.15, 0.2) is 0 Å². The van der Waals surface area contributed by atoms with Crippen molar-refractivity contribution in [2.24, 2.45) is 17.6 Å². The summed E-state index contributed by atoms with van der Waals surface area (Å²) in [6, 6.07) is -0.279. The Morgan fingerprint density at radius 3 is 2.94 bits per heavy atom. The number of hydrogen-bond acceptors (Lipinski definition) is 4. The van der Waals surface area contributed by atoms with Crippen LogP contribution in [0.2, 0.25) is 0 Å². The highest BCUT2D eigenvalue weighted by Gasteiger charge is 2.43. The van der Waals surface area contributed by atoms with Gasteiger partial charge in [-0.05, 0) is 37.4 Å². The van der Waals surface area contributed by atoms with E-state index in [0.29, 0.717) is 5.92 Å². The van der Waals surface area contributed by atoms with E-state index in [2.05, 4.69) is 13.8 Å². The second-order valence-electron chi connectivity index (χ2n) is 6.16. The number of hydrogen-bond donors (Lipinski definition) is 1. The van der Waals surface area contributed by atoms with E-state index in [1.807, 2.05) is 11.8 Å². The normalized spacial score (nSPS) is 34.1. The van der Waals surface area contributed by atoms with E-state index in [-0.39, 0.29) is 23.3 Å². The van der Waals surface area contributed by atoms with Crippen LogP contribution in [0.25, 0.3) is 0 Å². The maximum atomic E-state index is 12.4. The molecule has 2 aliphatic rings. The molecule has 0 saturated carbocycles. The third-order valence-electron chi connectivity index (χ3n) is 4.05. The summed E-state index contributed by atoms with van der Waals surface area (Å²) in [4.78, 5) is 12.4. The summed E-state index contributed by atoms with van der Waals surface area (Å²) in [6.45, 7) is 4.96. The lowest BCUT2D eigenvalue weighted by molar-refractivity contribution is -0.135. The van der Waals surface area contributed by atoms with Crippen LogP contribution in [0.5, 0.6) is 0 Å². The number of ether oxygens (including phenoxy) is 1. The topological polar surface area (TPSA) is 52.3 Å². The zero-order valence-electron chi connectivity index (χ0n) is 11.5. The second-order valence-corrected chi connectivity index (χ2v) is 7.27. The number of carbonyl (C=O) groups excluding carboxylic acids is 1. The van der Waals surface area contributed by atoms with E-state index in [0.717, 1.165) is 38.0 Å². The summed E-state index contributed by atoms with van der Waals surface area (Å²) in [7, 11) is 0. The highest BCUT2D eigenvalue weighted by Crippen LogP contribution is 2.40. The van der Waals surface area contributed by atoms with Gasteiger partial charge in [0.25, 0.3) is 0 Å². The summed E-state index contributed by atoms with van der Waals surface area (Å²) < 4.78 is 5.95. The fourth-order valence-electron chi connectivity index (χ4n) is 3.06. The van der Waals surface area contributed by atoms with Gasteiger partial charge in [-0.1, -0.05) is 13.8 Å². The van der Waals surface area contributed by atoms with Gasteiger partial charge in [-0.2, -0.15) is 11.8 Å². The van der Waals surface area contributed by atoms with Crippen molar-refractivity contribution in [3.05, 3.63) is 0 Å². The van der Waals surface area contributed by atoms with Crippen molar-refractivity contribution in [2.75, 3.05) is 18.1 Å². The molecule has 3 nitrogen and oxygen atoms in total. The number of carbonyl (C=O) groups is 1. The molecule has 4 heteroatoms. The van der Waals surface area contributed by atoms with Crippen molar-refractivity contribution in [3.8, 4) is 0 Å². The molecule has 0 aliphatic carbocycles. The lowest BCUT2D eigenvalue weighted by atomic mass is 9.80. The molecule has 104 valence electrons. The van der Waals surface area contributed by atoms with Crippen molar-refractivity contribution in [3.63, 3.8) is 0 Å². The van der Waals surface area contributed by atoms with Crippen molar-refractivity contribution in [1.82, 2.24) is 0 Å². The van der Waals surface area contributed by atoms with Gasteiger partial charge in [-0.25, -0.2) is 0 Å². The Morgan fingerprint density at radius 2 is 2.33 bits per heavy atom. The molecule has 0 amide bonds. The predicted molar refractivity (Wildman–Crippen MR) is 75.8 cm³/mol. The van der Waals surface area contributed by atoms with Crippen LogP contribution in [-0.4, -0.2) is 35.5 Å². The summed E-state index contributed by atoms with van der Waals surface area (Å²) in [5.74, 6) is 3.10. The molecule has 2 heterocycles. The van der Waals surface area contributed by atoms with Crippen LogP contribution >= 0.6 is 11.8 Å². The van der Waals surface area contributed by atoms with E-state index >= 15 is 0 Å². The molecule has 0 aromatic heterocycles. The Kier molecular flexibility index (Phi) is 4.73. The van der Waals surface area contributed by atoms with E-state index in [4.69, 9.17) is 10.5 Å². The highest BCUT2D eigenvalue weighted by molar-refractivity contribution is 7.99. The molecule has 18 heavy (non-hydrogen) atoms. The van der Waals surface area contributed by atoms with Gasteiger partial charge >= 0.3 is 0 Å². The highest BCUT2D eigenvalue weighted by atomic mass is 32.2. The van der Waals surface area contributed by atoms with Crippen LogP contribution in [0.3, 0.4) is 0 Å². The van der Waals surface area contributed by atoms with Gasteiger partial charge < -0.3 is 10.5 Å². The molecular formula is C14H25NO2S. The first-order valence-electron chi connectivity index (χ1n) is 7.03. The molecule has 2 aliphatic heterocycles. The Bertz CT molecular complexity index is 300. The molecule has 3 unspecified atom stereocenters. The number of thioether (sulfide) groups is 1. The first-order valence-corrected chi connectivity index (χ1v) is 8.19. The lowest BCUT2D eigenvalue weighted by Gasteiger charge is -2.38. The minimum Gasteiger partial charge on any atom is -0.374 e. The maximum absolute atomic E-state index is 12.4. The summed E-state index contributed by atoms with van der Waals surface area (Å²) in [5, 5.41) is 0. The van der Waals surface area contributed by atoms with Crippen LogP contribution in [0.4, 0.5) is 0 Å². The number of Topliss-reactive ketones (excluding diaryl/α,β-unsaturated/α-hetero) is 1. The molecule has 0 radical (unpaired) electrons. The van der Waals surface area contributed by atoms with Gasteiger partial charge in [0.2, 0.25) is 0 Å². The van der Waals surface area contributed by atoms with E-state index < -0.39 is 0 Å². The summed E-state index contributed by atoms with van der Waals surface area (Å²) >= 11 is 1.94. The molecule has 1 spiro atoms.